The van der Waals surface area contributed by atoms with E-state index in [0.29, 0.717) is 17.7 Å². The molecule has 9 nitrogen and oxygen atoms in total. The largest absolute Gasteiger partial charge is 0.491 e. The molecule has 2 fully saturated rings. The number of rotatable bonds is 7. The van der Waals surface area contributed by atoms with E-state index in [1.165, 1.54) is 0 Å². The van der Waals surface area contributed by atoms with Crippen LogP contribution in [0.4, 0.5) is 11.5 Å². The molecule has 0 amide bonds. The van der Waals surface area contributed by atoms with Crippen molar-refractivity contribution in [3.63, 3.8) is 0 Å². The Hall–Kier alpha value is -3.33. The van der Waals surface area contributed by atoms with Gasteiger partial charge in [-0.3, -0.25) is 4.98 Å². The molecular weight excluding hydrogens is 434 g/mol. The van der Waals surface area contributed by atoms with Crippen molar-refractivity contribution in [2.45, 2.75) is 37.8 Å². The molecule has 9 heteroatoms. The average molecular weight is 466 g/mol. The van der Waals surface area contributed by atoms with E-state index in [1.807, 2.05) is 12.1 Å². The number of hydrogen-bond donors (Lipinski definition) is 1. The minimum atomic E-state index is 0.140. The number of morpholine rings is 1. The van der Waals surface area contributed by atoms with E-state index in [1.54, 1.807) is 26.6 Å². The van der Waals surface area contributed by atoms with Crippen molar-refractivity contribution in [2.24, 2.45) is 0 Å². The van der Waals surface area contributed by atoms with Crippen LogP contribution in [0.2, 0.25) is 0 Å². The summed E-state index contributed by atoms with van der Waals surface area (Å²) >= 11 is 0. The summed E-state index contributed by atoms with van der Waals surface area (Å²) in [7, 11) is 3.21. The van der Waals surface area contributed by atoms with E-state index in [4.69, 9.17) is 18.9 Å². The van der Waals surface area contributed by atoms with Crippen LogP contribution < -0.4 is 24.4 Å². The SMILES string of the molecule is COc1ccc(N[C@H]2CC[C@@H](Oc3cc(N4CCOCC4)cc4nccnc34)CC2)nc1OC. The number of fused-ring (bicyclic) bond motifs is 1. The number of methoxy groups -OCH3 is 2. The van der Waals surface area contributed by atoms with Crippen LogP contribution in [-0.4, -0.2) is 67.6 Å². The van der Waals surface area contributed by atoms with Crippen molar-refractivity contribution < 1.29 is 18.9 Å². The third-order valence-corrected chi connectivity index (χ3v) is 6.46. The summed E-state index contributed by atoms with van der Waals surface area (Å²) in [5.74, 6) is 2.71. The Labute approximate surface area is 199 Å². The Kier molecular flexibility index (Phi) is 6.80. The molecular formula is C25H31N5O4. The molecule has 0 radical (unpaired) electrons. The number of anilines is 2. The lowest BCUT2D eigenvalue weighted by Gasteiger charge is -2.31. The highest BCUT2D eigenvalue weighted by Crippen LogP contribution is 2.33. The Morgan fingerprint density at radius 2 is 1.74 bits per heavy atom. The average Bonchev–Trinajstić information content (AvgIpc) is 2.90. The van der Waals surface area contributed by atoms with E-state index in [0.717, 1.165) is 80.3 Å². The number of pyridine rings is 1. The fourth-order valence-electron chi connectivity index (χ4n) is 4.65. The molecule has 5 rings (SSSR count). The van der Waals surface area contributed by atoms with Crippen molar-refractivity contribution >= 4 is 22.5 Å². The summed E-state index contributed by atoms with van der Waals surface area (Å²) < 4.78 is 22.6. The number of hydrogen-bond acceptors (Lipinski definition) is 9. The topological polar surface area (TPSA) is 90.9 Å². The lowest BCUT2D eigenvalue weighted by atomic mass is 9.93. The molecule has 3 aromatic rings. The zero-order chi connectivity index (χ0) is 23.3. The van der Waals surface area contributed by atoms with Gasteiger partial charge >= 0.3 is 0 Å². The second kappa shape index (κ2) is 10.3. The highest BCUT2D eigenvalue weighted by Gasteiger charge is 2.24. The molecule has 1 N–H and O–H groups in total. The number of nitrogens with one attached hydrogen (secondary N) is 1. The van der Waals surface area contributed by atoms with E-state index in [2.05, 4.69) is 37.3 Å². The lowest BCUT2D eigenvalue weighted by Crippen LogP contribution is -2.36. The zero-order valence-corrected chi connectivity index (χ0v) is 19.7. The van der Waals surface area contributed by atoms with Gasteiger partial charge in [-0.25, -0.2) is 4.98 Å². The maximum Gasteiger partial charge on any atom is 0.258 e. The Bertz CT molecular complexity index is 1110. The van der Waals surface area contributed by atoms with Gasteiger partial charge in [0.1, 0.15) is 17.1 Å². The maximum atomic E-state index is 6.53. The van der Waals surface area contributed by atoms with E-state index >= 15 is 0 Å². The minimum Gasteiger partial charge on any atom is -0.491 e. The van der Waals surface area contributed by atoms with Crippen LogP contribution in [0.25, 0.3) is 11.0 Å². The van der Waals surface area contributed by atoms with Crippen LogP contribution in [-0.2, 0) is 4.74 Å². The molecule has 2 aromatic heterocycles. The van der Waals surface area contributed by atoms with Gasteiger partial charge in [-0.15, -0.1) is 0 Å². The molecule has 0 atom stereocenters. The fourth-order valence-corrected chi connectivity index (χ4v) is 4.65. The van der Waals surface area contributed by atoms with Crippen molar-refractivity contribution in [1.82, 2.24) is 15.0 Å². The van der Waals surface area contributed by atoms with Crippen molar-refractivity contribution in [3.8, 4) is 17.4 Å². The molecule has 1 aromatic carbocycles. The van der Waals surface area contributed by atoms with Crippen LogP contribution in [0.5, 0.6) is 17.4 Å². The van der Waals surface area contributed by atoms with E-state index < -0.39 is 0 Å². The first kappa shape index (κ1) is 22.5. The van der Waals surface area contributed by atoms with Crippen LogP contribution in [0.1, 0.15) is 25.7 Å². The second-order valence-electron chi connectivity index (χ2n) is 8.61. The first-order valence-electron chi connectivity index (χ1n) is 11.8. The Morgan fingerprint density at radius 3 is 2.50 bits per heavy atom. The van der Waals surface area contributed by atoms with Crippen molar-refractivity contribution in [3.05, 3.63) is 36.7 Å². The third-order valence-electron chi connectivity index (χ3n) is 6.46. The number of aromatic nitrogens is 3. The summed E-state index contributed by atoms with van der Waals surface area (Å²) in [6.07, 6.45) is 7.49. The molecule has 2 aliphatic rings. The molecule has 0 unspecified atom stereocenters. The summed E-state index contributed by atoms with van der Waals surface area (Å²) in [6.45, 7) is 3.21. The lowest BCUT2D eigenvalue weighted by molar-refractivity contribution is 0.122. The van der Waals surface area contributed by atoms with Gasteiger partial charge in [0.15, 0.2) is 5.75 Å². The molecule has 0 bridgehead atoms. The van der Waals surface area contributed by atoms with E-state index in [9.17, 15) is 0 Å². The summed E-state index contributed by atoms with van der Waals surface area (Å²) in [5.41, 5.74) is 2.78. The van der Waals surface area contributed by atoms with Crippen molar-refractivity contribution in [2.75, 3.05) is 50.7 Å². The summed E-state index contributed by atoms with van der Waals surface area (Å²) in [4.78, 5) is 15.9. The highest BCUT2D eigenvalue weighted by molar-refractivity contribution is 5.85. The molecule has 1 saturated heterocycles. The van der Waals surface area contributed by atoms with Crippen LogP contribution in [0.15, 0.2) is 36.7 Å². The fraction of sp³-hybridized carbons (Fsp3) is 0.480. The molecule has 1 saturated carbocycles. The van der Waals surface area contributed by atoms with Gasteiger partial charge in [-0.05, 0) is 43.9 Å². The maximum absolute atomic E-state index is 6.53. The molecule has 1 aliphatic carbocycles. The molecule has 1 aliphatic heterocycles. The van der Waals surface area contributed by atoms with E-state index in [-0.39, 0.29) is 6.10 Å². The molecule has 3 heterocycles. The zero-order valence-electron chi connectivity index (χ0n) is 19.7. The third kappa shape index (κ3) is 4.94. The van der Waals surface area contributed by atoms with Crippen LogP contribution >= 0.6 is 0 Å². The number of nitrogens with zero attached hydrogens (tertiary/aromatic N) is 4. The number of benzene rings is 1. The molecule has 34 heavy (non-hydrogen) atoms. The van der Waals surface area contributed by atoms with Gasteiger partial charge in [0.05, 0.1) is 39.1 Å². The van der Waals surface area contributed by atoms with Gasteiger partial charge in [0.25, 0.3) is 5.88 Å². The quantitative estimate of drug-likeness (QED) is 0.561. The Balaban J connectivity index is 1.25. The highest BCUT2D eigenvalue weighted by atomic mass is 16.5. The van der Waals surface area contributed by atoms with Crippen molar-refractivity contribution in [1.29, 1.82) is 0 Å². The predicted molar refractivity (Wildman–Crippen MR) is 130 cm³/mol. The summed E-state index contributed by atoms with van der Waals surface area (Å²) in [6, 6.07) is 8.33. The molecule has 0 spiro atoms. The smallest absolute Gasteiger partial charge is 0.258 e. The normalized spacial score (nSPS) is 20.7. The van der Waals surface area contributed by atoms with Gasteiger partial charge in [-0.1, -0.05) is 0 Å². The Morgan fingerprint density at radius 1 is 0.941 bits per heavy atom. The van der Waals surface area contributed by atoms with Gasteiger partial charge in [0, 0.05) is 43.3 Å². The van der Waals surface area contributed by atoms with Crippen LogP contribution in [0, 0.1) is 0 Å². The second-order valence-corrected chi connectivity index (χ2v) is 8.61. The van der Waals surface area contributed by atoms with Crippen LogP contribution in [0.3, 0.4) is 0 Å². The standard InChI is InChI=1S/C25H31N5O4/c1-31-21-7-8-23(29-25(21)32-2)28-17-3-5-19(6-4-17)34-22-16-18(30-11-13-33-14-12-30)15-20-24(22)27-10-9-26-20/h7-10,15-17,19H,3-6,11-14H2,1-2H3,(H,28,29)/t17-,19+. The van der Waals surface area contributed by atoms with Gasteiger partial charge < -0.3 is 29.2 Å². The summed E-state index contributed by atoms with van der Waals surface area (Å²) in [5, 5.41) is 3.53. The monoisotopic (exact) mass is 465 g/mol. The number of ether oxygens (including phenoxy) is 4. The van der Waals surface area contributed by atoms with Gasteiger partial charge in [-0.2, -0.15) is 4.98 Å². The predicted octanol–water partition coefficient (Wildman–Crippen LogP) is 3.68. The first-order valence-corrected chi connectivity index (χ1v) is 11.8. The minimum absolute atomic E-state index is 0.140. The first-order chi connectivity index (χ1) is 16.7. The molecule has 180 valence electrons. The van der Waals surface area contributed by atoms with Gasteiger partial charge in [0.2, 0.25) is 0 Å².